The number of hydrogen-bond donors (Lipinski definition) is 1. The van der Waals surface area contributed by atoms with Gasteiger partial charge in [0, 0.05) is 18.6 Å². The Morgan fingerprint density at radius 2 is 1.44 bits per heavy atom. The van der Waals surface area contributed by atoms with Crippen molar-refractivity contribution in [2.75, 3.05) is 13.2 Å². The molecular formula is C22H28N2O3. The first-order chi connectivity index (χ1) is 13.3. The van der Waals surface area contributed by atoms with Crippen LogP contribution in [0.5, 0.6) is 0 Å². The van der Waals surface area contributed by atoms with Gasteiger partial charge in [0.15, 0.2) is 0 Å². The first kappa shape index (κ1) is 22.4. The molecule has 0 aliphatic heterocycles. The van der Waals surface area contributed by atoms with Gasteiger partial charge in [0.2, 0.25) is 0 Å². The zero-order chi connectivity index (χ0) is 19.6. The van der Waals surface area contributed by atoms with Crippen molar-refractivity contribution >= 4 is 6.21 Å². The number of nitriles is 1. The summed E-state index contributed by atoms with van der Waals surface area (Å²) >= 11 is 0. The van der Waals surface area contributed by atoms with Crippen LogP contribution in [-0.2, 0) is 22.7 Å². The Hall–Kier alpha value is -2.68. The molecule has 0 unspecified atom stereocenters. The van der Waals surface area contributed by atoms with E-state index in [1.54, 1.807) is 0 Å². The summed E-state index contributed by atoms with van der Waals surface area (Å²) in [5.74, 6) is 0.109. The quantitative estimate of drug-likeness (QED) is 0.371. The van der Waals surface area contributed by atoms with Gasteiger partial charge in [0.1, 0.15) is 0 Å². The lowest BCUT2D eigenvalue weighted by Gasteiger charge is -2.14. The molecule has 0 aliphatic rings. The Labute approximate surface area is 161 Å². The van der Waals surface area contributed by atoms with Crippen LogP contribution in [-0.4, -0.2) is 24.6 Å². The zero-order valence-electron chi connectivity index (χ0n) is 15.8. The summed E-state index contributed by atoms with van der Waals surface area (Å²) in [6.45, 7) is 4.12. The van der Waals surface area contributed by atoms with Gasteiger partial charge < -0.3 is 14.7 Å². The van der Waals surface area contributed by atoms with Crippen molar-refractivity contribution in [3.8, 4) is 6.07 Å². The lowest BCUT2D eigenvalue weighted by atomic mass is 10.1. The molecule has 5 heteroatoms. The van der Waals surface area contributed by atoms with Crippen LogP contribution < -0.4 is 0 Å². The van der Waals surface area contributed by atoms with Gasteiger partial charge in [-0.3, -0.25) is 0 Å². The maximum absolute atomic E-state index is 8.91. The predicted octanol–water partition coefficient (Wildman–Crippen LogP) is 4.81. The first-order valence-electron chi connectivity index (χ1n) is 9.06. The summed E-state index contributed by atoms with van der Waals surface area (Å²) in [6.07, 6.45) is 2.68. The average molecular weight is 368 g/mol. The van der Waals surface area contributed by atoms with Crippen molar-refractivity contribution in [3.05, 3.63) is 71.8 Å². The molecule has 0 amide bonds. The number of oxime groups is 1. The smallest absolute Gasteiger partial charge is 0.0717 e. The molecule has 2 aromatic rings. The molecule has 5 nitrogen and oxygen atoms in total. The fraction of sp³-hybridized carbons (Fsp3) is 0.364. The number of benzene rings is 2. The van der Waals surface area contributed by atoms with Crippen molar-refractivity contribution < 1.29 is 14.7 Å². The summed E-state index contributed by atoms with van der Waals surface area (Å²) < 4.78 is 11.4. The Bertz CT molecular complexity index is 609. The fourth-order valence-electron chi connectivity index (χ4n) is 2.21. The lowest BCUT2D eigenvalue weighted by molar-refractivity contribution is 0.0286. The van der Waals surface area contributed by atoms with Crippen LogP contribution in [0.15, 0.2) is 65.8 Å². The summed E-state index contributed by atoms with van der Waals surface area (Å²) in [7, 11) is 0. The molecule has 0 bridgehead atoms. The van der Waals surface area contributed by atoms with E-state index in [1.165, 1.54) is 6.21 Å². The molecule has 2 rings (SSSR count). The van der Waals surface area contributed by atoms with E-state index >= 15 is 0 Å². The molecule has 0 saturated carbocycles. The van der Waals surface area contributed by atoms with Crippen molar-refractivity contribution in [2.45, 2.75) is 33.0 Å². The van der Waals surface area contributed by atoms with Crippen LogP contribution in [0.2, 0.25) is 0 Å². The van der Waals surface area contributed by atoms with Gasteiger partial charge in [-0.2, -0.15) is 5.26 Å². The summed E-state index contributed by atoms with van der Waals surface area (Å²) in [6, 6.07) is 22.3. The molecule has 2 aromatic carbocycles. The molecule has 0 fully saturated rings. The van der Waals surface area contributed by atoms with Gasteiger partial charge in [-0.1, -0.05) is 67.6 Å². The van der Waals surface area contributed by atoms with Crippen molar-refractivity contribution in [2.24, 2.45) is 11.1 Å². The first-order valence-corrected chi connectivity index (χ1v) is 9.06. The van der Waals surface area contributed by atoms with E-state index in [0.717, 1.165) is 17.5 Å². The molecule has 0 heterocycles. The van der Waals surface area contributed by atoms with Crippen LogP contribution in [0.4, 0.5) is 0 Å². The largest absolute Gasteiger partial charge is 0.411 e. The monoisotopic (exact) mass is 368 g/mol. The van der Waals surface area contributed by atoms with Crippen molar-refractivity contribution in [1.29, 1.82) is 5.26 Å². The number of rotatable bonds is 10. The number of ether oxygens (including phenoxy) is 2. The van der Waals surface area contributed by atoms with Gasteiger partial charge >= 0.3 is 0 Å². The molecule has 0 spiro atoms. The van der Waals surface area contributed by atoms with Crippen LogP contribution in [0.1, 0.15) is 30.9 Å². The van der Waals surface area contributed by atoms with Crippen LogP contribution in [0.25, 0.3) is 0 Å². The van der Waals surface area contributed by atoms with E-state index in [1.807, 2.05) is 67.6 Å². The third kappa shape index (κ3) is 11.5. The van der Waals surface area contributed by atoms with E-state index in [0.29, 0.717) is 32.8 Å². The van der Waals surface area contributed by atoms with E-state index in [2.05, 4.69) is 11.2 Å². The van der Waals surface area contributed by atoms with Crippen molar-refractivity contribution in [3.63, 3.8) is 0 Å². The normalized spacial score (nSPS) is 10.4. The second-order valence-corrected chi connectivity index (χ2v) is 5.94. The van der Waals surface area contributed by atoms with E-state index in [-0.39, 0.29) is 5.92 Å². The molecule has 0 aliphatic carbocycles. The lowest BCUT2D eigenvalue weighted by Crippen LogP contribution is -2.16. The highest BCUT2D eigenvalue weighted by molar-refractivity contribution is 5.55. The van der Waals surface area contributed by atoms with E-state index in [4.69, 9.17) is 19.9 Å². The predicted molar refractivity (Wildman–Crippen MR) is 106 cm³/mol. The molecule has 0 saturated heterocycles. The highest BCUT2D eigenvalue weighted by Crippen LogP contribution is 2.09. The van der Waals surface area contributed by atoms with E-state index in [9.17, 15) is 0 Å². The third-order valence-corrected chi connectivity index (χ3v) is 3.57. The minimum atomic E-state index is 0.109. The molecule has 27 heavy (non-hydrogen) atoms. The molecule has 0 radical (unpaired) electrons. The fourth-order valence-corrected chi connectivity index (χ4v) is 2.21. The molecule has 0 aromatic heterocycles. The molecule has 144 valence electrons. The standard InChI is InChI=1S/C19H21NO2.C3H7NO/c20-12-11-19(15-21-13-17-7-3-1-4-8-17)16-22-14-18-9-5-2-6-10-18;1-2-3-4-5/h1-10,19H,11,13-16H2;3,5H,2H2,1H3. The minimum Gasteiger partial charge on any atom is -0.411 e. The van der Waals surface area contributed by atoms with Gasteiger partial charge in [0.05, 0.1) is 32.5 Å². The summed E-state index contributed by atoms with van der Waals surface area (Å²) in [4.78, 5) is 0. The Morgan fingerprint density at radius 1 is 0.963 bits per heavy atom. The maximum Gasteiger partial charge on any atom is 0.0717 e. The highest BCUT2D eigenvalue weighted by atomic mass is 16.5. The van der Waals surface area contributed by atoms with Crippen LogP contribution in [0, 0.1) is 17.2 Å². The average Bonchev–Trinajstić information content (AvgIpc) is 2.71. The number of hydrogen-bond acceptors (Lipinski definition) is 5. The topological polar surface area (TPSA) is 74.8 Å². The van der Waals surface area contributed by atoms with Gasteiger partial charge in [-0.25, -0.2) is 0 Å². The van der Waals surface area contributed by atoms with Crippen LogP contribution in [0.3, 0.4) is 0 Å². The maximum atomic E-state index is 8.91. The molecule has 1 N–H and O–H groups in total. The highest BCUT2D eigenvalue weighted by Gasteiger charge is 2.09. The summed E-state index contributed by atoms with van der Waals surface area (Å²) in [5.41, 5.74) is 2.28. The Kier molecular flexibility index (Phi) is 12.9. The van der Waals surface area contributed by atoms with Gasteiger partial charge in [-0.05, 0) is 17.5 Å². The van der Waals surface area contributed by atoms with Gasteiger partial charge in [0.25, 0.3) is 0 Å². The Morgan fingerprint density at radius 3 is 1.78 bits per heavy atom. The number of nitrogens with zero attached hydrogens (tertiary/aromatic N) is 2. The molecule has 0 atom stereocenters. The Balaban J connectivity index is 0.000000646. The van der Waals surface area contributed by atoms with Gasteiger partial charge in [-0.15, -0.1) is 5.16 Å². The van der Waals surface area contributed by atoms with E-state index < -0.39 is 0 Å². The molecular weight excluding hydrogens is 340 g/mol. The minimum absolute atomic E-state index is 0.109. The SMILES string of the molecule is CCC=NO.N#CCC(COCc1ccccc1)COCc1ccccc1. The third-order valence-electron chi connectivity index (χ3n) is 3.57. The second kappa shape index (κ2) is 15.6. The zero-order valence-corrected chi connectivity index (χ0v) is 15.8. The second-order valence-electron chi connectivity index (χ2n) is 5.94. The summed E-state index contributed by atoms with van der Waals surface area (Å²) in [5, 5.41) is 19.3. The van der Waals surface area contributed by atoms with Crippen LogP contribution >= 0.6 is 0 Å². The van der Waals surface area contributed by atoms with Crippen molar-refractivity contribution in [1.82, 2.24) is 0 Å².